The topological polar surface area (TPSA) is 59.6 Å². The number of benzene rings is 2. The number of nitrogens with two attached hydrogens (primary N) is 1. The first kappa shape index (κ1) is 22.6. The highest BCUT2D eigenvalue weighted by Crippen LogP contribution is 2.35. The summed E-state index contributed by atoms with van der Waals surface area (Å²) in [4.78, 5) is 4.60. The molecule has 0 aliphatic carbocycles. The van der Waals surface area contributed by atoms with Crippen molar-refractivity contribution in [3.8, 4) is 0 Å². The van der Waals surface area contributed by atoms with E-state index in [1.807, 2.05) is 18.2 Å². The van der Waals surface area contributed by atoms with Gasteiger partial charge in [0.05, 0.1) is 6.54 Å². The van der Waals surface area contributed by atoms with Gasteiger partial charge >= 0.3 is 0 Å². The molecule has 0 radical (unpaired) electrons. The van der Waals surface area contributed by atoms with Crippen LogP contribution in [0.4, 0.5) is 10.1 Å². The number of ether oxygens (including phenoxy) is 1. The Morgan fingerprint density at radius 3 is 2.57 bits per heavy atom. The van der Waals surface area contributed by atoms with E-state index in [-0.39, 0.29) is 35.2 Å². The molecule has 1 aliphatic heterocycles. The molecule has 2 aromatic carbocycles. The van der Waals surface area contributed by atoms with Gasteiger partial charge < -0.3 is 15.8 Å². The Hall–Kier alpha value is -1.67. The number of anilines is 1. The molecule has 0 spiro atoms. The molecule has 0 aromatic heterocycles. The highest BCUT2D eigenvalue weighted by molar-refractivity contribution is 14.0. The number of hydrogen-bond acceptors (Lipinski definition) is 2. The fourth-order valence-corrected chi connectivity index (χ4v) is 3.52. The first-order valence-corrected chi connectivity index (χ1v) is 9.49. The number of guanidine groups is 1. The molecule has 1 heterocycles. The number of rotatable bonds is 5. The van der Waals surface area contributed by atoms with Crippen LogP contribution in [-0.4, -0.2) is 25.7 Å². The quantitative estimate of drug-likeness (QED) is 0.346. The van der Waals surface area contributed by atoms with Crippen molar-refractivity contribution in [3.05, 3.63) is 65.5 Å². The Kier molecular flexibility index (Phi) is 8.24. The molecule has 3 N–H and O–H groups in total. The van der Waals surface area contributed by atoms with Gasteiger partial charge in [-0.3, -0.25) is 4.99 Å². The summed E-state index contributed by atoms with van der Waals surface area (Å²) in [6.45, 7) is 6.11. The van der Waals surface area contributed by atoms with Crippen LogP contribution in [-0.2, 0) is 10.2 Å². The maximum atomic E-state index is 13.8. The average Bonchev–Trinajstić information content (AvgIpc) is 2.67. The molecule has 0 unspecified atom stereocenters. The zero-order chi connectivity index (χ0) is 19.3. The van der Waals surface area contributed by atoms with E-state index in [1.54, 1.807) is 12.1 Å². The summed E-state index contributed by atoms with van der Waals surface area (Å²) in [5.41, 5.74) is 9.04. The Labute approximate surface area is 183 Å². The van der Waals surface area contributed by atoms with Crippen molar-refractivity contribution < 1.29 is 9.13 Å². The van der Waals surface area contributed by atoms with Crippen molar-refractivity contribution in [1.82, 2.24) is 0 Å². The summed E-state index contributed by atoms with van der Waals surface area (Å²) in [5.74, 6) is 0.598. The smallest absolute Gasteiger partial charge is 0.193 e. The van der Waals surface area contributed by atoms with Gasteiger partial charge in [0.1, 0.15) is 5.82 Å². The Balaban J connectivity index is 0.00000280. The normalized spacial score (nSPS) is 16.5. The molecule has 28 heavy (non-hydrogen) atoms. The number of aliphatic imine (C=N–C) groups is 1. The van der Waals surface area contributed by atoms with Crippen LogP contribution in [0, 0.1) is 5.82 Å². The van der Waals surface area contributed by atoms with Crippen molar-refractivity contribution in [2.45, 2.75) is 38.0 Å². The van der Waals surface area contributed by atoms with Gasteiger partial charge in [-0.15, -0.1) is 24.0 Å². The average molecular weight is 497 g/mol. The van der Waals surface area contributed by atoms with Gasteiger partial charge in [0.2, 0.25) is 0 Å². The lowest BCUT2D eigenvalue weighted by atomic mass is 9.74. The molecule has 1 aliphatic rings. The SMILES string of the molecule is CC(C)c1cccc(NC(N)=NCC2(c3cccc(F)c3)CCOCC2)c1.I. The van der Waals surface area contributed by atoms with Crippen molar-refractivity contribution in [2.24, 2.45) is 10.7 Å². The van der Waals surface area contributed by atoms with E-state index in [0.29, 0.717) is 31.6 Å². The maximum absolute atomic E-state index is 13.8. The van der Waals surface area contributed by atoms with Crippen molar-refractivity contribution in [2.75, 3.05) is 25.1 Å². The zero-order valence-electron chi connectivity index (χ0n) is 16.5. The van der Waals surface area contributed by atoms with Gasteiger partial charge in [-0.2, -0.15) is 0 Å². The van der Waals surface area contributed by atoms with Crippen LogP contribution in [0.2, 0.25) is 0 Å². The summed E-state index contributed by atoms with van der Waals surface area (Å²) in [5, 5.41) is 3.18. The minimum Gasteiger partial charge on any atom is -0.381 e. The molecule has 0 amide bonds. The van der Waals surface area contributed by atoms with Crippen LogP contribution in [0.1, 0.15) is 43.7 Å². The Morgan fingerprint density at radius 2 is 1.89 bits per heavy atom. The number of nitrogens with one attached hydrogen (secondary N) is 1. The van der Waals surface area contributed by atoms with E-state index in [9.17, 15) is 4.39 Å². The van der Waals surface area contributed by atoms with Crippen molar-refractivity contribution in [3.63, 3.8) is 0 Å². The minimum atomic E-state index is -0.244. The summed E-state index contributed by atoms with van der Waals surface area (Å²) in [7, 11) is 0. The third-order valence-electron chi connectivity index (χ3n) is 5.26. The number of nitrogens with zero attached hydrogens (tertiary/aromatic N) is 1. The highest BCUT2D eigenvalue weighted by Gasteiger charge is 2.34. The van der Waals surface area contributed by atoms with Gasteiger partial charge in [0.25, 0.3) is 0 Å². The van der Waals surface area contributed by atoms with Gasteiger partial charge in [-0.25, -0.2) is 4.39 Å². The fraction of sp³-hybridized carbons (Fsp3) is 0.409. The molecule has 0 bridgehead atoms. The lowest BCUT2D eigenvalue weighted by molar-refractivity contribution is 0.0530. The van der Waals surface area contributed by atoms with Crippen LogP contribution < -0.4 is 11.1 Å². The highest BCUT2D eigenvalue weighted by atomic mass is 127. The molecule has 3 rings (SSSR count). The molecule has 152 valence electrons. The lowest BCUT2D eigenvalue weighted by Crippen LogP contribution is -2.38. The van der Waals surface area contributed by atoms with Crippen LogP contribution in [0.25, 0.3) is 0 Å². The monoisotopic (exact) mass is 497 g/mol. The maximum Gasteiger partial charge on any atom is 0.193 e. The second kappa shape index (κ2) is 10.2. The first-order chi connectivity index (χ1) is 13.0. The van der Waals surface area contributed by atoms with E-state index in [2.05, 4.69) is 36.3 Å². The third-order valence-corrected chi connectivity index (χ3v) is 5.26. The minimum absolute atomic E-state index is 0. The molecular weight excluding hydrogens is 468 g/mol. The standard InChI is InChI=1S/C22H28FN3O.HI/c1-16(2)17-5-3-8-20(13-17)26-21(24)25-15-22(9-11-27-12-10-22)18-6-4-7-19(23)14-18;/h3-8,13-14,16H,9-12,15H2,1-2H3,(H3,24,25,26);1H. The van der Waals surface area contributed by atoms with Gasteiger partial charge in [0.15, 0.2) is 5.96 Å². The molecular formula is C22H29FIN3O. The second-order valence-electron chi connectivity index (χ2n) is 7.51. The van der Waals surface area contributed by atoms with Crippen LogP contribution >= 0.6 is 24.0 Å². The van der Waals surface area contributed by atoms with E-state index in [1.165, 1.54) is 11.6 Å². The predicted octanol–water partition coefficient (Wildman–Crippen LogP) is 5.04. The van der Waals surface area contributed by atoms with E-state index >= 15 is 0 Å². The third kappa shape index (κ3) is 5.67. The summed E-state index contributed by atoms with van der Waals surface area (Å²) < 4.78 is 19.3. The predicted molar refractivity (Wildman–Crippen MR) is 124 cm³/mol. The zero-order valence-corrected chi connectivity index (χ0v) is 18.8. The molecule has 4 nitrogen and oxygen atoms in total. The van der Waals surface area contributed by atoms with E-state index < -0.39 is 0 Å². The van der Waals surface area contributed by atoms with E-state index in [0.717, 1.165) is 24.1 Å². The Bertz CT molecular complexity index is 804. The summed E-state index contributed by atoms with van der Waals surface area (Å²) in [6.07, 6.45) is 1.60. The second-order valence-corrected chi connectivity index (χ2v) is 7.51. The van der Waals surface area contributed by atoms with Crippen molar-refractivity contribution >= 4 is 35.6 Å². The lowest BCUT2D eigenvalue weighted by Gasteiger charge is -2.36. The van der Waals surface area contributed by atoms with Crippen molar-refractivity contribution in [1.29, 1.82) is 0 Å². The van der Waals surface area contributed by atoms with Gasteiger partial charge in [-0.1, -0.05) is 38.1 Å². The van der Waals surface area contributed by atoms with Gasteiger partial charge in [0, 0.05) is 24.3 Å². The fourth-order valence-electron chi connectivity index (χ4n) is 3.52. The van der Waals surface area contributed by atoms with Crippen LogP contribution in [0.3, 0.4) is 0 Å². The van der Waals surface area contributed by atoms with E-state index in [4.69, 9.17) is 10.5 Å². The number of halogens is 2. The molecule has 0 atom stereocenters. The summed E-state index contributed by atoms with van der Waals surface area (Å²) in [6, 6.07) is 15.0. The van der Waals surface area contributed by atoms with Crippen LogP contribution in [0.5, 0.6) is 0 Å². The number of hydrogen-bond donors (Lipinski definition) is 2. The first-order valence-electron chi connectivity index (χ1n) is 9.49. The molecule has 1 saturated heterocycles. The molecule has 1 fully saturated rings. The molecule has 6 heteroatoms. The van der Waals surface area contributed by atoms with Gasteiger partial charge in [-0.05, 0) is 54.2 Å². The summed E-state index contributed by atoms with van der Waals surface area (Å²) >= 11 is 0. The Morgan fingerprint density at radius 1 is 1.18 bits per heavy atom. The molecule has 2 aromatic rings. The van der Waals surface area contributed by atoms with Crippen LogP contribution in [0.15, 0.2) is 53.5 Å². The largest absolute Gasteiger partial charge is 0.381 e. The molecule has 0 saturated carbocycles.